The van der Waals surface area contributed by atoms with Crippen LogP contribution in [-0.2, 0) is 20.8 Å². The summed E-state index contributed by atoms with van der Waals surface area (Å²) in [4.78, 5) is 6.71. The fraction of sp³-hybridized carbons (Fsp3) is 0.650. The van der Waals surface area contributed by atoms with Crippen LogP contribution in [0.2, 0.25) is 0 Å². The number of nitrogens with zero attached hydrogens (tertiary/aromatic N) is 2. The summed E-state index contributed by atoms with van der Waals surface area (Å²) in [6.07, 6.45) is 2.56. The number of morpholine rings is 1. The molecule has 0 radical (unpaired) electrons. The minimum atomic E-state index is 0. The van der Waals surface area contributed by atoms with Crippen LogP contribution in [0.15, 0.2) is 29.3 Å². The van der Waals surface area contributed by atoms with Crippen LogP contribution < -0.4 is 10.1 Å². The molecule has 0 bridgehead atoms. The van der Waals surface area contributed by atoms with E-state index in [0.29, 0.717) is 26.4 Å². The third-order valence-corrected chi connectivity index (χ3v) is 4.91. The molecule has 0 amide bonds. The zero-order valence-corrected chi connectivity index (χ0v) is 19.1. The molecular weight excluding hydrogens is 473 g/mol. The van der Waals surface area contributed by atoms with Crippen molar-refractivity contribution in [1.29, 1.82) is 0 Å². The highest BCUT2D eigenvalue weighted by Gasteiger charge is 2.32. The van der Waals surface area contributed by atoms with Crippen LogP contribution in [0.5, 0.6) is 5.75 Å². The number of hydrogen-bond acceptors (Lipinski definition) is 5. The van der Waals surface area contributed by atoms with E-state index in [0.717, 1.165) is 44.2 Å². The van der Waals surface area contributed by atoms with Crippen LogP contribution in [0.1, 0.15) is 18.4 Å². The Hall–Kier alpha value is -1.10. The monoisotopic (exact) mass is 505 g/mol. The predicted molar refractivity (Wildman–Crippen MR) is 120 cm³/mol. The molecule has 8 heteroatoms. The van der Waals surface area contributed by atoms with Crippen molar-refractivity contribution in [3.8, 4) is 5.75 Å². The van der Waals surface area contributed by atoms with E-state index in [1.165, 1.54) is 5.56 Å². The van der Waals surface area contributed by atoms with Crippen molar-refractivity contribution in [3.05, 3.63) is 29.8 Å². The predicted octanol–water partition coefficient (Wildman–Crippen LogP) is 2.28. The first-order chi connectivity index (χ1) is 13.3. The average molecular weight is 505 g/mol. The number of nitrogens with one attached hydrogen (secondary N) is 1. The Bertz CT molecular complexity index is 594. The van der Waals surface area contributed by atoms with E-state index in [1.54, 1.807) is 7.11 Å². The Kier molecular flexibility index (Phi) is 10.3. The first-order valence-corrected chi connectivity index (χ1v) is 9.69. The summed E-state index contributed by atoms with van der Waals surface area (Å²) in [6.45, 7) is 5.08. The number of guanidine groups is 1. The number of ether oxygens (including phenoxy) is 4. The summed E-state index contributed by atoms with van der Waals surface area (Å²) < 4.78 is 22.3. The van der Waals surface area contributed by atoms with Gasteiger partial charge in [0.05, 0.1) is 19.3 Å². The second-order valence-electron chi connectivity index (χ2n) is 6.79. The van der Waals surface area contributed by atoms with E-state index >= 15 is 0 Å². The second-order valence-corrected chi connectivity index (χ2v) is 6.79. The Morgan fingerprint density at radius 1 is 1.18 bits per heavy atom. The van der Waals surface area contributed by atoms with Crippen molar-refractivity contribution in [2.45, 2.75) is 31.6 Å². The van der Waals surface area contributed by atoms with E-state index < -0.39 is 0 Å². The van der Waals surface area contributed by atoms with Gasteiger partial charge in [0.25, 0.3) is 0 Å². The van der Waals surface area contributed by atoms with Gasteiger partial charge in [-0.3, -0.25) is 4.99 Å². The van der Waals surface area contributed by atoms with Gasteiger partial charge in [-0.2, -0.15) is 0 Å². The Balaban J connectivity index is 0.00000280. The van der Waals surface area contributed by atoms with Gasteiger partial charge in [-0.1, -0.05) is 12.1 Å². The Labute approximate surface area is 184 Å². The largest absolute Gasteiger partial charge is 0.491 e. The summed E-state index contributed by atoms with van der Waals surface area (Å²) in [6, 6.07) is 8.10. The number of aliphatic imine (C=N–C) groups is 1. The van der Waals surface area contributed by atoms with Crippen molar-refractivity contribution >= 4 is 29.9 Å². The maximum Gasteiger partial charge on any atom is 0.194 e. The third-order valence-electron chi connectivity index (χ3n) is 4.91. The topological polar surface area (TPSA) is 64.6 Å². The molecule has 1 N–H and O–H groups in total. The van der Waals surface area contributed by atoms with Gasteiger partial charge in [-0.25, -0.2) is 0 Å². The molecule has 3 rings (SSSR count). The molecule has 2 aliphatic rings. The van der Waals surface area contributed by atoms with Crippen molar-refractivity contribution in [2.75, 3.05) is 53.7 Å². The number of hydrogen-bond donors (Lipinski definition) is 1. The first kappa shape index (κ1) is 23.2. The molecule has 28 heavy (non-hydrogen) atoms. The quantitative estimate of drug-likeness (QED) is 0.266. The molecule has 2 atom stereocenters. The second kappa shape index (κ2) is 12.5. The fourth-order valence-electron chi connectivity index (χ4n) is 3.45. The summed E-state index contributed by atoms with van der Waals surface area (Å²) in [7, 11) is 3.49. The highest BCUT2D eigenvalue weighted by Crippen LogP contribution is 2.21. The standard InChI is InChI=1S/C20H31N3O4.HI/c1-21-20(23-9-11-27-19(15-23)18-4-3-10-26-18)22-14-16-5-7-17(8-6-16)25-13-12-24-2;/h5-8,18-19H,3-4,9-15H2,1-2H3,(H,21,22);1H. The number of benzene rings is 1. The van der Waals surface area contributed by atoms with Crippen molar-refractivity contribution in [2.24, 2.45) is 4.99 Å². The average Bonchev–Trinajstić information content (AvgIpc) is 3.25. The molecule has 158 valence electrons. The molecule has 2 saturated heterocycles. The van der Waals surface area contributed by atoms with Crippen molar-refractivity contribution in [1.82, 2.24) is 10.2 Å². The molecule has 1 aromatic rings. The van der Waals surface area contributed by atoms with Gasteiger partial charge in [-0.15, -0.1) is 24.0 Å². The lowest BCUT2D eigenvalue weighted by Crippen LogP contribution is -2.53. The molecule has 1 aromatic carbocycles. The molecule has 2 heterocycles. The van der Waals surface area contributed by atoms with Gasteiger partial charge in [0.1, 0.15) is 18.5 Å². The van der Waals surface area contributed by atoms with Crippen LogP contribution in [0.4, 0.5) is 0 Å². The van der Waals surface area contributed by atoms with E-state index in [-0.39, 0.29) is 36.2 Å². The highest BCUT2D eigenvalue weighted by atomic mass is 127. The summed E-state index contributed by atoms with van der Waals surface area (Å²) >= 11 is 0. The molecule has 0 aliphatic carbocycles. The molecular formula is C20H32IN3O4. The molecule has 0 saturated carbocycles. The fourth-order valence-corrected chi connectivity index (χ4v) is 3.45. The SMILES string of the molecule is CN=C(NCc1ccc(OCCOC)cc1)N1CCOC(C2CCCO2)C1.I. The van der Waals surface area contributed by atoms with Crippen LogP contribution in [0.25, 0.3) is 0 Å². The highest BCUT2D eigenvalue weighted by molar-refractivity contribution is 14.0. The smallest absolute Gasteiger partial charge is 0.194 e. The molecule has 2 fully saturated rings. The minimum Gasteiger partial charge on any atom is -0.491 e. The maximum atomic E-state index is 5.93. The Morgan fingerprint density at radius 2 is 1.96 bits per heavy atom. The van der Waals surface area contributed by atoms with Gasteiger partial charge in [0, 0.05) is 40.4 Å². The normalized spacial score (nSPS) is 22.6. The Morgan fingerprint density at radius 3 is 2.64 bits per heavy atom. The van der Waals surface area contributed by atoms with Crippen LogP contribution in [0, 0.1) is 0 Å². The molecule has 2 aliphatic heterocycles. The lowest BCUT2D eigenvalue weighted by atomic mass is 10.1. The van der Waals surface area contributed by atoms with Crippen molar-refractivity contribution < 1.29 is 18.9 Å². The van der Waals surface area contributed by atoms with Crippen LogP contribution >= 0.6 is 24.0 Å². The lowest BCUT2D eigenvalue weighted by molar-refractivity contribution is -0.0817. The van der Waals surface area contributed by atoms with Gasteiger partial charge in [0.15, 0.2) is 5.96 Å². The minimum absolute atomic E-state index is 0. The zero-order valence-electron chi connectivity index (χ0n) is 16.8. The summed E-state index contributed by atoms with van der Waals surface area (Å²) in [5, 5.41) is 3.46. The lowest BCUT2D eigenvalue weighted by Gasteiger charge is -2.37. The van der Waals surface area contributed by atoms with Gasteiger partial charge in [-0.05, 0) is 30.5 Å². The van der Waals surface area contributed by atoms with Crippen LogP contribution in [0.3, 0.4) is 0 Å². The molecule has 0 aromatic heterocycles. The first-order valence-electron chi connectivity index (χ1n) is 9.69. The molecule has 0 spiro atoms. The molecule has 7 nitrogen and oxygen atoms in total. The number of halogens is 1. The maximum absolute atomic E-state index is 5.93. The number of methoxy groups -OCH3 is 1. The summed E-state index contributed by atoms with van der Waals surface area (Å²) in [5.74, 6) is 1.76. The van der Waals surface area contributed by atoms with E-state index in [1.807, 2.05) is 19.2 Å². The molecule has 2 unspecified atom stereocenters. The third kappa shape index (κ3) is 6.75. The van der Waals surface area contributed by atoms with Crippen LogP contribution in [-0.4, -0.2) is 76.7 Å². The zero-order chi connectivity index (χ0) is 18.9. The van der Waals surface area contributed by atoms with Crippen molar-refractivity contribution in [3.63, 3.8) is 0 Å². The number of rotatable bonds is 7. The van der Waals surface area contributed by atoms with Gasteiger partial charge < -0.3 is 29.2 Å². The van der Waals surface area contributed by atoms with E-state index in [9.17, 15) is 0 Å². The van der Waals surface area contributed by atoms with Gasteiger partial charge >= 0.3 is 0 Å². The van der Waals surface area contributed by atoms with E-state index in [2.05, 4.69) is 27.3 Å². The summed E-state index contributed by atoms with van der Waals surface area (Å²) in [5.41, 5.74) is 1.18. The van der Waals surface area contributed by atoms with E-state index in [4.69, 9.17) is 18.9 Å². The van der Waals surface area contributed by atoms with Gasteiger partial charge in [0.2, 0.25) is 0 Å².